The monoisotopic (exact) mass is 303 g/mol. The van der Waals surface area contributed by atoms with Crippen LogP contribution >= 0.6 is 0 Å². The molecular formula is C17H21NO4. The number of benzene rings is 1. The highest BCUT2D eigenvalue weighted by molar-refractivity contribution is 5.89. The predicted octanol–water partition coefficient (Wildman–Crippen LogP) is 1.95. The molecule has 1 aliphatic carbocycles. The molecule has 2 aliphatic rings. The Bertz CT molecular complexity index is 612. The smallest absolute Gasteiger partial charge is 0.326 e. The largest absolute Gasteiger partial charge is 0.493 e. The second-order valence-electron chi connectivity index (χ2n) is 6.58. The molecule has 2 unspecified atom stereocenters. The predicted molar refractivity (Wildman–Crippen MR) is 80.7 cm³/mol. The van der Waals surface area contributed by atoms with E-state index in [2.05, 4.69) is 5.32 Å². The standard InChI is InChI=1S/C17H21NO4/c1-10(2)14(16(20)21)18-15(19)12-9-17(12)7-8-22-13-6-4-3-5-11(13)17/h3-6,10,12,14H,7-9H2,1-2H3,(H,18,19)(H,20,21)/t12?,14-,17?/m1/s1. The minimum Gasteiger partial charge on any atom is -0.493 e. The van der Waals surface area contributed by atoms with E-state index in [-0.39, 0.29) is 23.2 Å². The molecule has 1 aromatic rings. The maximum absolute atomic E-state index is 12.5. The number of carbonyl (C=O) groups excluding carboxylic acids is 1. The lowest BCUT2D eigenvalue weighted by atomic mass is 9.87. The zero-order valence-electron chi connectivity index (χ0n) is 12.8. The third kappa shape index (κ3) is 2.34. The third-order valence-corrected chi connectivity index (χ3v) is 4.85. The normalized spacial score (nSPS) is 27.0. The van der Waals surface area contributed by atoms with Crippen LogP contribution in [-0.4, -0.2) is 29.6 Å². The number of carboxylic acid groups (broad SMARTS) is 1. The highest BCUT2D eigenvalue weighted by atomic mass is 16.5. The summed E-state index contributed by atoms with van der Waals surface area (Å²) in [6, 6.07) is 6.99. The minimum absolute atomic E-state index is 0.141. The minimum atomic E-state index is -0.981. The number of hydrogen-bond donors (Lipinski definition) is 2. The van der Waals surface area contributed by atoms with Crippen molar-refractivity contribution in [2.24, 2.45) is 11.8 Å². The summed E-state index contributed by atoms with van der Waals surface area (Å²) in [7, 11) is 0. The van der Waals surface area contributed by atoms with Gasteiger partial charge in [-0.05, 0) is 24.8 Å². The Morgan fingerprint density at radius 2 is 2.09 bits per heavy atom. The van der Waals surface area contributed by atoms with Gasteiger partial charge in [0.05, 0.1) is 6.61 Å². The molecule has 1 saturated carbocycles. The fourth-order valence-corrected chi connectivity index (χ4v) is 3.47. The molecule has 0 bridgehead atoms. The van der Waals surface area contributed by atoms with E-state index in [4.69, 9.17) is 4.74 Å². The molecule has 0 radical (unpaired) electrons. The summed E-state index contributed by atoms with van der Waals surface area (Å²) in [5.41, 5.74) is 0.914. The molecule has 3 atom stereocenters. The van der Waals surface area contributed by atoms with Gasteiger partial charge in [-0.15, -0.1) is 0 Å². The lowest BCUT2D eigenvalue weighted by Crippen LogP contribution is -2.45. The lowest BCUT2D eigenvalue weighted by molar-refractivity contribution is -0.143. The number of carbonyl (C=O) groups is 2. The van der Waals surface area contributed by atoms with Crippen molar-refractivity contribution < 1.29 is 19.4 Å². The van der Waals surface area contributed by atoms with Crippen molar-refractivity contribution in [1.82, 2.24) is 5.32 Å². The fourth-order valence-electron chi connectivity index (χ4n) is 3.47. The van der Waals surface area contributed by atoms with Gasteiger partial charge < -0.3 is 15.2 Å². The number of ether oxygens (including phenoxy) is 1. The molecule has 22 heavy (non-hydrogen) atoms. The van der Waals surface area contributed by atoms with Crippen LogP contribution < -0.4 is 10.1 Å². The molecule has 118 valence electrons. The van der Waals surface area contributed by atoms with E-state index in [1.54, 1.807) is 13.8 Å². The van der Waals surface area contributed by atoms with Crippen molar-refractivity contribution in [1.29, 1.82) is 0 Å². The summed E-state index contributed by atoms with van der Waals surface area (Å²) in [5, 5.41) is 11.9. The molecular weight excluding hydrogens is 282 g/mol. The van der Waals surface area contributed by atoms with E-state index in [9.17, 15) is 14.7 Å². The Hall–Kier alpha value is -2.04. The van der Waals surface area contributed by atoms with Crippen LogP contribution in [0.2, 0.25) is 0 Å². The van der Waals surface area contributed by atoms with E-state index in [1.165, 1.54) is 0 Å². The molecule has 3 rings (SSSR count). The topological polar surface area (TPSA) is 75.6 Å². The van der Waals surface area contributed by atoms with Crippen molar-refractivity contribution in [3.63, 3.8) is 0 Å². The van der Waals surface area contributed by atoms with Gasteiger partial charge in [0.25, 0.3) is 0 Å². The summed E-state index contributed by atoms with van der Waals surface area (Å²) in [6.07, 6.45) is 1.57. The van der Waals surface area contributed by atoms with E-state index in [0.29, 0.717) is 6.61 Å². The molecule has 0 aromatic heterocycles. The van der Waals surface area contributed by atoms with Crippen molar-refractivity contribution in [3.8, 4) is 5.75 Å². The Morgan fingerprint density at radius 3 is 2.77 bits per heavy atom. The zero-order valence-corrected chi connectivity index (χ0v) is 12.8. The van der Waals surface area contributed by atoms with E-state index < -0.39 is 12.0 Å². The number of para-hydroxylation sites is 1. The van der Waals surface area contributed by atoms with Gasteiger partial charge in [0.15, 0.2) is 0 Å². The number of nitrogens with one attached hydrogen (secondary N) is 1. The van der Waals surface area contributed by atoms with E-state index in [0.717, 1.165) is 24.2 Å². The third-order valence-electron chi connectivity index (χ3n) is 4.85. The molecule has 2 N–H and O–H groups in total. The number of fused-ring (bicyclic) bond motifs is 2. The number of carboxylic acids is 1. The lowest BCUT2D eigenvalue weighted by Gasteiger charge is -2.27. The van der Waals surface area contributed by atoms with Crippen molar-refractivity contribution >= 4 is 11.9 Å². The summed E-state index contributed by atoms with van der Waals surface area (Å²) < 4.78 is 5.66. The van der Waals surface area contributed by atoms with Crippen LogP contribution in [-0.2, 0) is 15.0 Å². The fraction of sp³-hybridized carbons (Fsp3) is 0.529. The first kappa shape index (κ1) is 14.9. The number of amides is 1. The molecule has 1 aromatic carbocycles. The highest BCUT2D eigenvalue weighted by Crippen LogP contribution is 2.60. The van der Waals surface area contributed by atoms with Gasteiger partial charge in [-0.2, -0.15) is 0 Å². The molecule has 1 aliphatic heterocycles. The van der Waals surface area contributed by atoms with Crippen LogP contribution in [0.3, 0.4) is 0 Å². The Morgan fingerprint density at radius 1 is 1.36 bits per heavy atom. The average Bonchev–Trinajstić information content (AvgIpc) is 3.19. The quantitative estimate of drug-likeness (QED) is 0.891. The van der Waals surface area contributed by atoms with Gasteiger partial charge >= 0.3 is 5.97 Å². The average molecular weight is 303 g/mol. The van der Waals surface area contributed by atoms with Gasteiger partial charge in [-0.25, -0.2) is 4.79 Å². The second kappa shape index (κ2) is 5.30. The van der Waals surface area contributed by atoms with Gasteiger partial charge in [0.1, 0.15) is 11.8 Å². The van der Waals surface area contributed by atoms with Crippen molar-refractivity contribution in [2.75, 3.05) is 6.61 Å². The molecule has 5 heteroatoms. The Kier molecular flexibility index (Phi) is 3.59. The first-order valence-corrected chi connectivity index (χ1v) is 7.71. The molecule has 1 amide bonds. The molecule has 5 nitrogen and oxygen atoms in total. The van der Waals surface area contributed by atoms with Gasteiger partial charge in [0.2, 0.25) is 5.91 Å². The van der Waals surface area contributed by atoms with Crippen molar-refractivity contribution in [3.05, 3.63) is 29.8 Å². The van der Waals surface area contributed by atoms with Crippen LogP contribution in [0.4, 0.5) is 0 Å². The van der Waals surface area contributed by atoms with Crippen LogP contribution in [0.5, 0.6) is 5.75 Å². The molecule has 1 fully saturated rings. The van der Waals surface area contributed by atoms with Crippen LogP contribution in [0, 0.1) is 11.8 Å². The molecule has 0 saturated heterocycles. The van der Waals surface area contributed by atoms with Crippen LogP contribution in [0.15, 0.2) is 24.3 Å². The van der Waals surface area contributed by atoms with Gasteiger partial charge in [-0.3, -0.25) is 4.79 Å². The summed E-state index contributed by atoms with van der Waals surface area (Å²) in [6.45, 7) is 4.20. The van der Waals surface area contributed by atoms with E-state index in [1.807, 2.05) is 24.3 Å². The van der Waals surface area contributed by atoms with Crippen LogP contribution in [0.25, 0.3) is 0 Å². The maximum Gasteiger partial charge on any atom is 0.326 e. The van der Waals surface area contributed by atoms with E-state index >= 15 is 0 Å². The van der Waals surface area contributed by atoms with Gasteiger partial charge in [0, 0.05) is 16.9 Å². The number of hydrogen-bond acceptors (Lipinski definition) is 3. The Balaban J connectivity index is 1.77. The summed E-state index contributed by atoms with van der Waals surface area (Å²) >= 11 is 0. The van der Waals surface area contributed by atoms with Crippen molar-refractivity contribution in [2.45, 2.75) is 38.1 Å². The summed E-state index contributed by atoms with van der Waals surface area (Å²) in [5.74, 6) is -0.581. The Labute approximate surface area is 129 Å². The molecule has 1 spiro atoms. The highest BCUT2D eigenvalue weighted by Gasteiger charge is 2.61. The first-order chi connectivity index (χ1) is 10.5. The van der Waals surface area contributed by atoms with Gasteiger partial charge in [-0.1, -0.05) is 32.0 Å². The first-order valence-electron chi connectivity index (χ1n) is 7.71. The number of aliphatic carboxylic acids is 1. The van der Waals surface area contributed by atoms with Crippen LogP contribution in [0.1, 0.15) is 32.3 Å². The zero-order chi connectivity index (χ0) is 15.9. The number of rotatable bonds is 4. The summed E-state index contributed by atoms with van der Waals surface area (Å²) in [4.78, 5) is 23.7. The molecule has 1 heterocycles. The SMILES string of the molecule is CC(C)[C@@H](NC(=O)C1CC12CCOc1ccccc12)C(=O)O. The maximum atomic E-state index is 12.5. The second-order valence-corrected chi connectivity index (χ2v) is 6.58.